The first-order chi connectivity index (χ1) is 35.0. The maximum absolute atomic E-state index is 10.3. The van der Waals surface area contributed by atoms with Gasteiger partial charge < -0.3 is 9.84 Å². The Kier molecular flexibility index (Phi) is 49.6. The number of aliphatic hydroxyl groups excluding tert-OH is 1. The summed E-state index contributed by atoms with van der Waals surface area (Å²) in [6, 6.07) is 0. The maximum Gasteiger partial charge on any atom is 0.0701 e. The van der Waals surface area contributed by atoms with Crippen molar-refractivity contribution in [1.82, 2.24) is 0 Å². The first-order valence-electron chi connectivity index (χ1n) is 33.6. The Morgan fingerprint density at radius 1 is 0.366 bits per heavy atom. The van der Waals surface area contributed by atoms with Gasteiger partial charge in [-0.25, -0.2) is 0 Å². The van der Waals surface area contributed by atoms with E-state index < -0.39 is 0 Å². The molecule has 0 aromatic heterocycles. The van der Waals surface area contributed by atoms with Crippen LogP contribution >= 0.6 is 0 Å². The molecule has 71 heavy (non-hydrogen) atoms. The lowest BCUT2D eigenvalue weighted by molar-refractivity contribution is -0.0191. The molecule has 422 valence electrons. The third-order valence-electron chi connectivity index (χ3n) is 17.6. The van der Waals surface area contributed by atoms with Crippen molar-refractivity contribution < 1.29 is 9.84 Å². The van der Waals surface area contributed by atoms with Gasteiger partial charge in [-0.2, -0.15) is 0 Å². The topological polar surface area (TPSA) is 29.5 Å². The van der Waals surface area contributed by atoms with E-state index in [4.69, 9.17) is 4.74 Å². The fourth-order valence-electron chi connectivity index (χ4n) is 12.8. The molecule has 0 amide bonds. The average Bonchev–Trinajstić information content (AvgIpc) is 3.71. The van der Waals surface area contributed by atoms with Gasteiger partial charge in [-0.05, 0) is 49.5 Å². The molecule has 0 saturated heterocycles. The van der Waals surface area contributed by atoms with E-state index in [2.05, 4.69) is 60.6 Å². The quantitative estimate of drug-likeness (QED) is 0.0616. The standard InChI is InChI=1S/C69H134O2/c1-8-14-20-26-32-35-41-45-51-64(50-44-38-29-23-17-11-4)60-67-56-57-69(63(7)71-59-58-70,62-66(54-48-40-31-25-19-13-6)55-49-43-37-34-28-22-16-10-3)68(67)61-65(52-46-39-30-24-18-12-5)53-47-42-36-33-27-21-15-9-2/h56-57,63-66,70H,8-55,58-62H2,1-7H3. The van der Waals surface area contributed by atoms with E-state index in [1.54, 1.807) is 5.57 Å². The minimum atomic E-state index is -0.0562. The van der Waals surface area contributed by atoms with Crippen LogP contribution < -0.4 is 0 Å². The summed E-state index contributed by atoms with van der Waals surface area (Å²) in [7, 11) is 0. The first-order valence-corrected chi connectivity index (χ1v) is 33.6. The molecule has 5 atom stereocenters. The van der Waals surface area contributed by atoms with Crippen LogP contribution in [0.2, 0.25) is 0 Å². The van der Waals surface area contributed by atoms with E-state index in [1.807, 2.05) is 5.57 Å². The minimum absolute atomic E-state index is 0.0562. The van der Waals surface area contributed by atoms with Crippen molar-refractivity contribution in [2.75, 3.05) is 13.2 Å². The average molecular weight is 996 g/mol. The number of ether oxygens (including phenoxy) is 1. The van der Waals surface area contributed by atoms with E-state index in [9.17, 15) is 5.11 Å². The van der Waals surface area contributed by atoms with E-state index >= 15 is 0 Å². The van der Waals surface area contributed by atoms with Gasteiger partial charge in [0.1, 0.15) is 0 Å². The molecule has 2 nitrogen and oxygen atoms in total. The molecular formula is C69H134O2. The molecule has 0 saturated carbocycles. The number of allylic oxidation sites excluding steroid dienone is 2. The Hall–Kier alpha value is -0.600. The van der Waals surface area contributed by atoms with Crippen LogP contribution in [0.1, 0.15) is 376 Å². The molecule has 5 unspecified atom stereocenters. The van der Waals surface area contributed by atoms with Crippen molar-refractivity contribution in [2.45, 2.75) is 382 Å². The Labute approximate surface area is 449 Å². The highest BCUT2D eigenvalue weighted by Crippen LogP contribution is 2.52. The monoisotopic (exact) mass is 995 g/mol. The van der Waals surface area contributed by atoms with Crippen LogP contribution in [0.15, 0.2) is 23.3 Å². The molecule has 1 N–H and O–H groups in total. The zero-order valence-electron chi connectivity index (χ0n) is 50.3. The maximum atomic E-state index is 10.3. The summed E-state index contributed by atoms with van der Waals surface area (Å²) in [4.78, 5) is 0. The van der Waals surface area contributed by atoms with Crippen LogP contribution in [0.25, 0.3) is 0 Å². The smallest absolute Gasteiger partial charge is 0.0701 e. The van der Waals surface area contributed by atoms with Gasteiger partial charge in [0.25, 0.3) is 0 Å². The van der Waals surface area contributed by atoms with E-state index in [0.29, 0.717) is 6.61 Å². The number of aliphatic hydroxyl groups is 1. The van der Waals surface area contributed by atoms with Gasteiger partial charge in [0, 0.05) is 5.41 Å². The molecule has 0 aliphatic heterocycles. The van der Waals surface area contributed by atoms with E-state index in [-0.39, 0.29) is 18.1 Å². The summed E-state index contributed by atoms with van der Waals surface area (Å²) in [5.41, 5.74) is 3.51. The van der Waals surface area contributed by atoms with Crippen molar-refractivity contribution in [3.63, 3.8) is 0 Å². The molecule has 1 aliphatic rings. The number of rotatable bonds is 58. The summed E-state index contributed by atoms with van der Waals surface area (Å²) in [6.07, 6.45) is 76.8. The van der Waals surface area contributed by atoms with Gasteiger partial charge in [-0.1, -0.05) is 367 Å². The molecule has 0 radical (unpaired) electrons. The Bertz CT molecular complexity index is 1140. The van der Waals surface area contributed by atoms with E-state index in [1.165, 1.54) is 327 Å². The van der Waals surface area contributed by atoms with Crippen molar-refractivity contribution in [3.8, 4) is 0 Å². The third kappa shape index (κ3) is 36.9. The SMILES string of the molecule is CCCCCCCCCCC(CCCCCCCC)CC1=C(CC(CCCCCCCC)CCCCCCCCCC)C(CC(CCCCCCCC)CCCCCCCCCC)(C(C)OCCO)C=C1. The van der Waals surface area contributed by atoms with E-state index in [0.717, 1.165) is 17.8 Å². The number of hydrogen-bond donors (Lipinski definition) is 1. The Balaban J connectivity index is 3.72. The molecule has 0 bridgehead atoms. The van der Waals surface area contributed by atoms with Crippen molar-refractivity contribution in [3.05, 3.63) is 23.3 Å². The molecule has 0 heterocycles. The number of hydrogen-bond acceptors (Lipinski definition) is 2. The predicted molar refractivity (Wildman–Crippen MR) is 321 cm³/mol. The first kappa shape index (κ1) is 68.4. The van der Waals surface area contributed by atoms with Crippen LogP contribution in [0.4, 0.5) is 0 Å². The van der Waals surface area contributed by atoms with Gasteiger partial charge in [-0.3, -0.25) is 0 Å². The van der Waals surface area contributed by atoms with Gasteiger partial charge in [0.05, 0.1) is 19.3 Å². The lowest BCUT2D eigenvalue weighted by atomic mass is 9.66. The second kappa shape index (κ2) is 51.5. The lowest BCUT2D eigenvalue weighted by Crippen LogP contribution is -2.38. The molecular weight excluding hydrogens is 861 g/mol. The van der Waals surface area contributed by atoms with Crippen molar-refractivity contribution in [2.24, 2.45) is 23.2 Å². The summed E-state index contributed by atoms with van der Waals surface area (Å²) in [5, 5.41) is 10.3. The lowest BCUT2D eigenvalue weighted by Gasteiger charge is -2.41. The van der Waals surface area contributed by atoms with Gasteiger partial charge in [-0.15, -0.1) is 0 Å². The van der Waals surface area contributed by atoms with Crippen LogP contribution in [0.5, 0.6) is 0 Å². The van der Waals surface area contributed by atoms with Crippen LogP contribution in [0.3, 0.4) is 0 Å². The van der Waals surface area contributed by atoms with Crippen LogP contribution in [0, 0.1) is 23.2 Å². The predicted octanol–water partition coefficient (Wildman–Crippen LogP) is 24.1. The molecule has 0 aromatic carbocycles. The van der Waals surface area contributed by atoms with Gasteiger partial charge in [0.15, 0.2) is 0 Å². The normalized spacial score (nSPS) is 16.7. The fourth-order valence-corrected chi connectivity index (χ4v) is 12.8. The Morgan fingerprint density at radius 2 is 0.634 bits per heavy atom. The Morgan fingerprint density at radius 3 is 0.930 bits per heavy atom. The molecule has 0 aromatic rings. The second-order valence-corrected chi connectivity index (χ2v) is 24.3. The third-order valence-corrected chi connectivity index (χ3v) is 17.6. The molecule has 1 rings (SSSR count). The summed E-state index contributed by atoms with van der Waals surface area (Å²) in [6.45, 7) is 17.1. The molecule has 0 spiro atoms. The molecule has 0 fully saturated rings. The van der Waals surface area contributed by atoms with Gasteiger partial charge in [0.2, 0.25) is 0 Å². The van der Waals surface area contributed by atoms with Crippen LogP contribution in [-0.4, -0.2) is 24.4 Å². The van der Waals surface area contributed by atoms with Crippen molar-refractivity contribution in [1.29, 1.82) is 0 Å². The minimum Gasteiger partial charge on any atom is -0.394 e. The molecule has 1 aliphatic carbocycles. The summed E-state index contributed by atoms with van der Waals surface area (Å²) in [5.74, 6) is 2.30. The van der Waals surface area contributed by atoms with Crippen molar-refractivity contribution >= 4 is 0 Å². The van der Waals surface area contributed by atoms with Gasteiger partial charge >= 0.3 is 0 Å². The van der Waals surface area contributed by atoms with Crippen LogP contribution in [-0.2, 0) is 4.74 Å². The fraction of sp³-hybridized carbons (Fsp3) is 0.942. The highest BCUT2D eigenvalue weighted by molar-refractivity contribution is 5.43. The highest BCUT2D eigenvalue weighted by atomic mass is 16.5. The number of unbranched alkanes of at least 4 members (excludes halogenated alkanes) is 36. The largest absolute Gasteiger partial charge is 0.394 e. The summed E-state index contributed by atoms with van der Waals surface area (Å²) >= 11 is 0. The zero-order valence-corrected chi connectivity index (χ0v) is 50.3. The summed E-state index contributed by atoms with van der Waals surface area (Å²) < 4.78 is 6.90. The second-order valence-electron chi connectivity index (χ2n) is 24.3. The zero-order chi connectivity index (χ0) is 51.6. The molecule has 2 heteroatoms. The highest BCUT2D eigenvalue weighted by Gasteiger charge is 2.44.